The Morgan fingerprint density at radius 2 is 2.21 bits per heavy atom. The number of nitrogens with zero attached hydrogens (tertiary/aromatic N) is 3. The molecule has 1 aliphatic heterocycles. The normalized spacial score (nSPS) is 20.9. The molecule has 0 bridgehead atoms. The number of rotatable bonds is 4. The van der Waals surface area contributed by atoms with Gasteiger partial charge in [0.1, 0.15) is 5.82 Å². The number of benzene rings is 1. The Morgan fingerprint density at radius 3 is 2.92 bits per heavy atom. The number of likely N-dealkylation sites (tertiary alicyclic amines) is 1. The number of carboxylic acid groups (broad SMARTS) is 1. The van der Waals surface area contributed by atoms with Crippen LogP contribution in [0.1, 0.15) is 12.0 Å². The van der Waals surface area contributed by atoms with Gasteiger partial charge in [0.2, 0.25) is 0 Å². The minimum Gasteiger partial charge on any atom is -0.481 e. The van der Waals surface area contributed by atoms with Gasteiger partial charge in [0.15, 0.2) is 0 Å². The number of aliphatic carboxylic acids is 1. The van der Waals surface area contributed by atoms with E-state index in [-0.39, 0.29) is 13.1 Å². The van der Waals surface area contributed by atoms with E-state index in [1.165, 1.54) is 27.9 Å². The van der Waals surface area contributed by atoms with Crippen LogP contribution in [0, 0.1) is 11.7 Å². The first kappa shape index (κ1) is 16.5. The number of carbonyl (C=O) groups is 1. The van der Waals surface area contributed by atoms with E-state index in [1.807, 2.05) is 0 Å². The average molecular weight is 339 g/mol. The largest absolute Gasteiger partial charge is 0.481 e. The first-order chi connectivity index (χ1) is 11.3. The standard InChI is InChI=1S/C16H16F3N3O2/c17-13-2-1-3-14(4-13)22-8-11(6-20-22)7-21-9-12(15(23)24)5-16(18,19)10-21/h1-4,6,8,12H,5,7,9-10H2,(H,23,24). The molecule has 0 amide bonds. The minimum atomic E-state index is -3.03. The molecule has 2 heterocycles. The molecule has 0 radical (unpaired) electrons. The van der Waals surface area contributed by atoms with Crippen LogP contribution in [0.3, 0.4) is 0 Å². The molecule has 128 valence electrons. The summed E-state index contributed by atoms with van der Waals surface area (Å²) in [5.41, 5.74) is 1.18. The lowest BCUT2D eigenvalue weighted by molar-refractivity contribution is -0.153. The van der Waals surface area contributed by atoms with Crippen LogP contribution in [-0.2, 0) is 11.3 Å². The molecule has 3 rings (SSSR count). The molecule has 1 unspecified atom stereocenters. The zero-order valence-corrected chi connectivity index (χ0v) is 12.7. The lowest BCUT2D eigenvalue weighted by Gasteiger charge is -2.35. The third-order valence-corrected chi connectivity index (χ3v) is 3.94. The summed E-state index contributed by atoms with van der Waals surface area (Å²) >= 11 is 0. The fourth-order valence-electron chi connectivity index (χ4n) is 2.94. The van der Waals surface area contributed by atoms with Crippen LogP contribution in [-0.4, -0.2) is 44.8 Å². The smallest absolute Gasteiger partial charge is 0.308 e. The van der Waals surface area contributed by atoms with Crippen molar-refractivity contribution in [2.75, 3.05) is 13.1 Å². The molecule has 1 fully saturated rings. The van der Waals surface area contributed by atoms with Crippen LogP contribution in [0.4, 0.5) is 13.2 Å². The van der Waals surface area contributed by atoms with Crippen molar-refractivity contribution in [2.24, 2.45) is 5.92 Å². The molecule has 1 N–H and O–H groups in total. The van der Waals surface area contributed by atoms with Crippen LogP contribution in [0.15, 0.2) is 36.7 Å². The molecule has 5 nitrogen and oxygen atoms in total. The van der Waals surface area contributed by atoms with Crippen LogP contribution < -0.4 is 0 Å². The summed E-state index contributed by atoms with van der Waals surface area (Å²) < 4.78 is 42.1. The highest BCUT2D eigenvalue weighted by Gasteiger charge is 2.42. The molecule has 1 aliphatic rings. The molecule has 24 heavy (non-hydrogen) atoms. The van der Waals surface area contributed by atoms with Gasteiger partial charge in [-0.2, -0.15) is 5.10 Å². The van der Waals surface area contributed by atoms with Crippen molar-refractivity contribution in [3.8, 4) is 5.69 Å². The number of halogens is 3. The number of aromatic nitrogens is 2. The van der Waals surface area contributed by atoms with Crippen molar-refractivity contribution in [3.63, 3.8) is 0 Å². The van der Waals surface area contributed by atoms with Crippen molar-refractivity contribution in [1.29, 1.82) is 0 Å². The fraction of sp³-hybridized carbons (Fsp3) is 0.375. The van der Waals surface area contributed by atoms with Crippen LogP contribution >= 0.6 is 0 Å². The quantitative estimate of drug-likeness (QED) is 0.930. The van der Waals surface area contributed by atoms with Gasteiger partial charge in [0.25, 0.3) is 5.92 Å². The number of piperidine rings is 1. The Morgan fingerprint density at radius 1 is 1.42 bits per heavy atom. The minimum absolute atomic E-state index is 0.0655. The van der Waals surface area contributed by atoms with Crippen LogP contribution in [0.25, 0.3) is 5.69 Å². The SMILES string of the molecule is O=C(O)C1CN(Cc2cnn(-c3cccc(F)c3)c2)CC(F)(F)C1. The van der Waals surface area contributed by atoms with E-state index in [2.05, 4.69) is 5.10 Å². The molecule has 0 spiro atoms. The molecule has 1 aromatic heterocycles. The number of hydrogen-bond donors (Lipinski definition) is 1. The Balaban J connectivity index is 1.73. The zero-order valence-electron chi connectivity index (χ0n) is 12.7. The summed E-state index contributed by atoms with van der Waals surface area (Å²) in [6, 6.07) is 5.85. The predicted octanol–water partition coefficient (Wildman–Crippen LogP) is 2.55. The number of alkyl halides is 2. The average Bonchev–Trinajstić information content (AvgIpc) is 2.94. The van der Waals surface area contributed by atoms with Gasteiger partial charge in [-0.1, -0.05) is 6.07 Å². The monoisotopic (exact) mass is 339 g/mol. The van der Waals surface area contributed by atoms with E-state index < -0.39 is 36.6 Å². The summed E-state index contributed by atoms with van der Waals surface area (Å²) in [6.45, 7) is -0.257. The highest BCUT2D eigenvalue weighted by atomic mass is 19.3. The van der Waals surface area contributed by atoms with E-state index in [0.717, 1.165) is 0 Å². The van der Waals surface area contributed by atoms with Gasteiger partial charge >= 0.3 is 5.97 Å². The second-order valence-corrected chi connectivity index (χ2v) is 6.04. The Bertz CT molecular complexity index is 748. The molecular formula is C16H16F3N3O2. The second kappa shape index (κ2) is 6.27. The van der Waals surface area contributed by atoms with Crippen molar-refractivity contribution in [1.82, 2.24) is 14.7 Å². The fourth-order valence-corrected chi connectivity index (χ4v) is 2.94. The Kier molecular flexibility index (Phi) is 4.31. The Hall–Kier alpha value is -2.35. The third-order valence-electron chi connectivity index (χ3n) is 3.94. The molecule has 0 aliphatic carbocycles. The van der Waals surface area contributed by atoms with Crippen LogP contribution in [0.5, 0.6) is 0 Å². The van der Waals surface area contributed by atoms with Gasteiger partial charge in [-0.05, 0) is 18.2 Å². The predicted molar refractivity (Wildman–Crippen MR) is 79.5 cm³/mol. The first-order valence-electron chi connectivity index (χ1n) is 7.45. The van der Waals surface area contributed by atoms with Crippen molar-refractivity contribution in [2.45, 2.75) is 18.9 Å². The highest BCUT2D eigenvalue weighted by molar-refractivity contribution is 5.70. The lowest BCUT2D eigenvalue weighted by atomic mass is 9.95. The van der Waals surface area contributed by atoms with Gasteiger partial charge in [0.05, 0.1) is 24.3 Å². The van der Waals surface area contributed by atoms with E-state index >= 15 is 0 Å². The molecule has 2 aromatic rings. The van der Waals surface area contributed by atoms with Crippen molar-refractivity contribution in [3.05, 3.63) is 48.0 Å². The van der Waals surface area contributed by atoms with Gasteiger partial charge in [-0.15, -0.1) is 0 Å². The van der Waals surface area contributed by atoms with E-state index in [0.29, 0.717) is 11.3 Å². The second-order valence-electron chi connectivity index (χ2n) is 6.04. The molecule has 0 saturated carbocycles. The van der Waals surface area contributed by atoms with Crippen molar-refractivity contribution < 1.29 is 23.1 Å². The van der Waals surface area contributed by atoms with E-state index in [4.69, 9.17) is 5.11 Å². The number of hydrogen-bond acceptors (Lipinski definition) is 3. The third kappa shape index (κ3) is 3.76. The maximum Gasteiger partial charge on any atom is 0.308 e. The molecule has 1 saturated heterocycles. The van der Waals surface area contributed by atoms with E-state index in [1.54, 1.807) is 18.3 Å². The highest BCUT2D eigenvalue weighted by Crippen LogP contribution is 2.31. The molecule has 1 aromatic carbocycles. The van der Waals surface area contributed by atoms with Crippen molar-refractivity contribution >= 4 is 5.97 Å². The van der Waals surface area contributed by atoms with Gasteiger partial charge in [-0.25, -0.2) is 17.9 Å². The maximum absolute atomic E-state index is 13.7. The topological polar surface area (TPSA) is 58.4 Å². The molecule has 8 heteroatoms. The van der Waals surface area contributed by atoms with Crippen LogP contribution in [0.2, 0.25) is 0 Å². The summed E-state index contributed by atoms with van der Waals surface area (Å²) in [4.78, 5) is 12.5. The zero-order chi connectivity index (χ0) is 17.3. The summed E-state index contributed by atoms with van der Waals surface area (Å²) in [6.07, 6.45) is 2.49. The summed E-state index contributed by atoms with van der Waals surface area (Å²) in [5.74, 6) is -5.73. The molecular weight excluding hydrogens is 323 g/mol. The summed E-state index contributed by atoms with van der Waals surface area (Å²) in [7, 11) is 0. The first-order valence-corrected chi connectivity index (χ1v) is 7.45. The molecule has 1 atom stereocenters. The maximum atomic E-state index is 13.7. The number of carboxylic acids is 1. The van der Waals surface area contributed by atoms with Gasteiger partial charge in [-0.3, -0.25) is 9.69 Å². The Labute approximate surface area is 136 Å². The van der Waals surface area contributed by atoms with Gasteiger partial charge in [0, 0.05) is 31.3 Å². The summed E-state index contributed by atoms with van der Waals surface area (Å²) in [5, 5.41) is 13.1. The van der Waals surface area contributed by atoms with E-state index in [9.17, 15) is 18.0 Å². The van der Waals surface area contributed by atoms with Gasteiger partial charge < -0.3 is 5.11 Å². The lowest BCUT2D eigenvalue weighted by Crippen LogP contribution is -2.48.